The van der Waals surface area contributed by atoms with E-state index in [0.717, 1.165) is 31.3 Å². The standard InChI is InChI=1S/C21H19F2N5O2/c1-12-7-8-13(20(29)24-11-18-27-26-17-6-3-9-28(17)18)10-16(12)25-21(30)14-4-2-5-15(22)19(14)23/h2,4-5,7-8,10H,3,6,9,11H2,1H3,(H,24,29)(H,25,30). The zero-order valence-corrected chi connectivity index (χ0v) is 16.2. The summed E-state index contributed by atoms with van der Waals surface area (Å²) in [5, 5.41) is 13.5. The fraction of sp³-hybridized carbons (Fsp3) is 0.238. The van der Waals surface area contributed by atoms with Gasteiger partial charge in [0, 0.05) is 24.2 Å². The first-order valence-electron chi connectivity index (χ1n) is 9.49. The second-order valence-corrected chi connectivity index (χ2v) is 7.06. The molecule has 1 aromatic heterocycles. The Morgan fingerprint density at radius 1 is 1.13 bits per heavy atom. The van der Waals surface area contributed by atoms with Gasteiger partial charge in [-0.3, -0.25) is 9.59 Å². The van der Waals surface area contributed by atoms with Crippen LogP contribution in [0.5, 0.6) is 0 Å². The van der Waals surface area contributed by atoms with E-state index in [0.29, 0.717) is 22.6 Å². The summed E-state index contributed by atoms with van der Waals surface area (Å²) in [5.41, 5.74) is 0.911. The van der Waals surface area contributed by atoms with Gasteiger partial charge in [0.25, 0.3) is 11.8 Å². The average Bonchev–Trinajstić information content (AvgIpc) is 3.34. The largest absolute Gasteiger partial charge is 0.345 e. The molecule has 0 spiro atoms. The van der Waals surface area contributed by atoms with Crippen LogP contribution >= 0.6 is 0 Å². The molecule has 0 fully saturated rings. The number of hydrogen-bond donors (Lipinski definition) is 2. The monoisotopic (exact) mass is 411 g/mol. The van der Waals surface area contributed by atoms with Gasteiger partial charge in [-0.25, -0.2) is 8.78 Å². The van der Waals surface area contributed by atoms with E-state index in [1.807, 2.05) is 4.57 Å². The first-order valence-corrected chi connectivity index (χ1v) is 9.49. The minimum Gasteiger partial charge on any atom is -0.345 e. The van der Waals surface area contributed by atoms with Crippen LogP contribution in [0.4, 0.5) is 14.5 Å². The number of benzene rings is 2. The minimum absolute atomic E-state index is 0.232. The van der Waals surface area contributed by atoms with Crippen molar-refractivity contribution in [2.24, 2.45) is 0 Å². The summed E-state index contributed by atoms with van der Waals surface area (Å²) in [6.45, 7) is 2.81. The fourth-order valence-corrected chi connectivity index (χ4v) is 3.37. The predicted octanol–water partition coefficient (Wildman–Crippen LogP) is 2.99. The van der Waals surface area contributed by atoms with E-state index in [9.17, 15) is 18.4 Å². The zero-order chi connectivity index (χ0) is 21.3. The summed E-state index contributed by atoms with van der Waals surface area (Å²) >= 11 is 0. The van der Waals surface area contributed by atoms with Gasteiger partial charge < -0.3 is 15.2 Å². The highest BCUT2D eigenvalue weighted by atomic mass is 19.2. The van der Waals surface area contributed by atoms with Crippen molar-refractivity contribution in [3.8, 4) is 0 Å². The van der Waals surface area contributed by atoms with Gasteiger partial charge in [0.05, 0.1) is 12.1 Å². The molecule has 0 radical (unpaired) electrons. The smallest absolute Gasteiger partial charge is 0.258 e. The number of carbonyl (C=O) groups excluding carboxylic acids is 2. The summed E-state index contributed by atoms with van der Waals surface area (Å²) in [6.07, 6.45) is 1.90. The molecule has 2 amide bonds. The topological polar surface area (TPSA) is 88.9 Å². The van der Waals surface area contributed by atoms with Crippen molar-refractivity contribution in [1.82, 2.24) is 20.1 Å². The number of halogens is 2. The Balaban J connectivity index is 1.47. The number of carbonyl (C=O) groups is 2. The maximum absolute atomic E-state index is 13.9. The van der Waals surface area contributed by atoms with Crippen molar-refractivity contribution < 1.29 is 18.4 Å². The molecular formula is C21H19F2N5O2. The molecule has 2 N–H and O–H groups in total. The molecule has 0 aliphatic carbocycles. The summed E-state index contributed by atoms with van der Waals surface area (Å²) in [6, 6.07) is 8.17. The molecule has 2 aromatic carbocycles. The van der Waals surface area contributed by atoms with Gasteiger partial charge in [-0.1, -0.05) is 12.1 Å². The van der Waals surface area contributed by atoms with E-state index >= 15 is 0 Å². The Morgan fingerprint density at radius 2 is 1.97 bits per heavy atom. The van der Waals surface area contributed by atoms with Gasteiger partial charge in [-0.15, -0.1) is 10.2 Å². The van der Waals surface area contributed by atoms with Crippen LogP contribution in [0.15, 0.2) is 36.4 Å². The first-order chi connectivity index (χ1) is 14.4. The van der Waals surface area contributed by atoms with Gasteiger partial charge in [0.1, 0.15) is 5.82 Å². The maximum Gasteiger partial charge on any atom is 0.258 e. The number of aryl methyl sites for hydroxylation is 2. The number of amides is 2. The lowest BCUT2D eigenvalue weighted by Gasteiger charge is -2.12. The van der Waals surface area contributed by atoms with Gasteiger partial charge >= 0.3 is 0 Å². The van der Waals surface area contributed by atoms with Crippen molar-refractivity contribution in [2.75, 3.05) is 5.32 Å². The predicted molar refractivity (Wildman–Crippen MR) is 105 cm³/mol. The average molecular weight is 411 g/mol. The van der Waals surface area contributed by atoms with Crippen LogP contribution < -0.4 is 10.6 Å². The van der Waals surface area contributed by atoms with Gasteiger partial charge in [0.15, 0.2) is 17.5 Å². The second kappa shape index (κ2) is 8.02. The van der Waals surface area contributed by atoms with Crippen LogP contribution in [0, 0.1) is 18.6 Å². The lowest BCUT2D eigenvalue weighted by molar-refractivity contribution is 0.0948. The lowest BCUT2D eigenvalue weighted by atomic mass is 10.1. The third kappa shape index (κ3) is 3.78. The molecule has 0 saturated heterocycles. The molecule has 30 heavy (non-hydrogen) atoms. The molecule has 0 atom stereocenters. The highest BCUT2D eigenvalue weighted by molar-refractivity contribution is 6.05. The number of nitrogens with one attached hydrogen (secondary N) is 2. The van der Waals surface area contributed by atoms with Crippen LogP contribution in [0.1, 0.15) is 44.3 Å². The fourth-order valence-electron chi connectivity index (χ4n) is 3.37. The van der Waals surface area contributed by atoms with E-state index in [2.05, 4.69) is 20.8 Å². The number of anilines is 1. The SMILES string of the molecule is Cc1ccc(C(=O)NCc2nnc3n2CCC3)cc1NC(=O)c1cccc(F)c1F. The summed E-state index contributed by atoms with van der Waals surface area (Å²) in [5.74, 6) is -1.86. The number of fused-ring (bicyclic) bond motifs is 1. The molecule has 2 heterocycles. The normalized spacial score (nSPS) is 12.5. The van der Waals surface area contributed by atoms with E-state index in [-0.39, 0.29) is 12.5 Å². The molecule has 3 aromatic rings. The van der Waals surface area contributed by atoms with Crippen LogP contribution in [0.3, 0.4) is 0 Å². The molecule has 1 aliphatic heterocycles. The van der Waals surface area contributed by atoms with E-state index in [1.165, 1.54) is 18.2 Å². The Kier molecular flexibility index (Phi) is 5.26. The first kappa shape index (κ1) is 19.7. The van der Waals surface area contributed by atoms with E-state index < -0.39 is 23.1 Å². The number of rotatable bonds is 5. The van der Waals surface area contributed by atoms with E-state index in [4.69, 9.17) is 0 Å². The highest BCUT2D eigenvalue weighted by Crippen LogP contribution is 2.20. The number of aromatic nitrogens is 3. The molecular weight excluding hydrogens is 392 g/mol. The van der Waals surface area contributed by atoms with Gasteiger partial charge in [-0.2, -0.15) is 0 Å². The third-order valence-electron chi connectivity index (χ3n) is 5.04. The molecule has 0 unspecified atom stereocenters. The van der Waals surface area contributed by atoms with E-state index in [1.54, 1.807) is 19.1 Å². The van der Waals surface area contributed by atoms with Crippen molar-refractivity contribution >= 4 is 17.5 Å². The van der Waals surface area contributed by atoms with Crippen molar-refractivity contribution in [3.63, 3.8) is 0 Å². The third-order valence-corrected chi connectivity index (χ3v) is 5.04. The van der Waals surface area contributed by atoms with Gasteiger partial charge in [-0.05, 0) is 43.2 Å². The summed E-state index contributed by atoms with van der Waals surface area (Å²) < 4.78 is 29.3. The maximum atomic E-state index is 13.9. The summed E-state index contributed by atoms with van der Waals surface area (Å²) in [7, 11) is 0. The Hall–Kier alpha value is -3.62. The van der Waals surface area contributed by atoms with Gasteiger partial charge in [0.2, 0.25) is 0 Å². The van der Waals surface area contributed by atoms with Crippen LogP contribution in [-0.4, -0.2) is 26.6 Å². The Bertz CT molecular complexity index is 1140. The molecule has 0 saturated carbocycles. The zero-order valence-electron chi connectivity index (χ0n) is 16.2. The minimum atomic E-state index is -1.22. The molecule has 7 nitrogen and oxygen atoms in total. The number of nitrogens with zero attached hydrogens (tertiary/aromatic N) is 3. The van der Waals surface area contributed by atoms with Crippen LogP contribution in [-0.2, 0) is 19.5 Å². The molecule has 0 bridgehead atoms. The number of hydrogen-bond acceptors (Lipinski definition) is 4. The van der Waals surface area contributed by atoms with Crippen molar-refractivity contribution in [3.05, 3.63) is 76.4 Å². The Morgan fingerprint density at radius 3 is 2.80 bits per heavy atom. The van der Waals surface area contributed by atoms with Crippen LogP contribution in [0.2, 0.25) is 0 Å². The molecule has 1 aliphatic rings. The second-order valence-electron chi connectivity index (χ2n) is 7.06. The molecule has 154 valence electrons. The quantitative estimate of drug-likeness (QED) is 0.676. The van der Waals surface area contributed by atoms with Crippen molar-refractivity contribution in [2.45, 2.75) is 32.9 Å². The summed E-state index contributed by atoms with van der Waals surface area (Å²) in [4.78, 5) is 24.9. The highest BCUT2D eigenvalue weighted by Gasteiger charge is 2.19. The molecule has 4 rings (SSSR count). The Labute approximate surface area is 171 Å². The van der Waals surface area contributed by atoms with Crippen LogP contribution in [0.25, 0.3) is 0 Å². The lowest BCUT2D eigenvalue weighted by Crippen LogP contribution is -2.25. The van der Waals surface area contributed by atoms with Crippen molar-refractivity contribution in [1.29, 1.82) is 0 Å². The molecule has 9 heteroatoms.